The van der Waals surface area contributed by atoms with E-state index in [-0.39, 0.29) is 10.7 Å². The van der Waals surface area contributed by atoms with Gasteiger partial charge in [0, 0.05) is 40.4 Å². The molecule has 17 heavy (non-hydrogen) atoms. The first kappa shape index (κ1) is 15.1. The van der Waals surface area contributed by atoms with E-state index >= 15 is 0 Å². The lowest BCUT2D eigenvalue weighted by molar-refractivity contribution is -0.113. The first-order valence-corrected chi connectivity index (χ1v) is 8.19. The van der Waals surface area contributed by atoms with E-state index in [1.165, 1.54) is 0 Å². The molecule has 0 amide bonds. The van der Waals surface area contributed by atoms with Crippen LogP contribution in [0, 0.1) is 5.41 Å². The molecular formula is C13H27NO2S. The highest BCUT2D eigenvalue weighted by molar-refractivity contribution is 7.84. The van der Waals surface area contributed by atoms with Crippen LogP contribution in [0.15, 0.2) is 0 Å². The molecule has 1 fully saturated rings. The minimum absolute atomic E-state index is 0.227. The average molecular weight is 261 g/mol. The summed E-state index contributed by atoms with van der Waals surface area (Å²) in [5.74, 6) is 0. The highest BCUT2D eigenvalue weighted by atomic mass is 32.2. The quantitative estimate of drug-likeness (QED) is 0.761. The van der Waals surface area contributed by atoms with Crippen LogP contribution in [-0.2, 0) is 15.5 Å². The van der Waals surface area contributed by atoms with Gasteiger partial charge in [-0.25, -0.2) is 0 Å². The maximum Gasteiger partial charge on any atom is 0.0655 e. The maximum absolute atomic E-state index is 11.2. The summed E-state index contributed by atoms with van der Waals surface area (Å²) in [5, 5.41) is 3.85. The Morgan fingerprint density at radius 1 is 1.53 bits per heavy atom. The van der Waals surface area contributed by atoms with Gasteiger partial charge in [-0.2, -0.15) is 0 Å². The minimum Gasteiger partial charge on any atom is -0.378 e. The van der Waals surface area contributed by atoms with Gasteiger partial charge in [0.1, 0.15) is 0 Å². The van der Waals surface area contributed by atoms with Gasteiger partial charge in [-0.05, 0) is 26.3 Å². The van der Waals surface area contributed by atoms with Crippen LogP contribution in [0.2, 0.25) is 0 Å². The summed E-state index contributed by atoms with van der Waals surface area (Å²) in [4.78, 5) is 0. The molecule has 0 bridgehead atoms. The summed E-state index contributed by atoms with van der Waals surface area (Å²) in [7, 11) is -0.703. The number of hydrogen-bond donors (Lipinski definition) is 1. The van der Waals surface area contributed by atoms with Crippen LogP contribution in [0.3, 0.4) is 0 Å². The van der Waals surface area contributed by atoms with Gasteiger partial charge in [0.2, 0.25) is 0 Å². The molecule has 1 rings (SSSR count). The summed E-state index contributed by atoms with van der Waals surface area (Å²) >= 11 is 0. The minimum atomic E-state index is -0.703. The number of hydrogen-bond acceptors (Lipinski definition) is 3. The van der Waals surface area contributed by atoms with Gasteiger partial charge in [-0.1, -0.05) is 20.8 Å². The zero-order valence-electron chi connectivity index (χ0n) is 11.8. The third-order valence-corrected chi connectivity index (χ3v) is 5.42. The van der Waals surface area contributed by atoms with Crippen LogP contribution in [-0.4, -0.2) is 41.0 Å². The Kier molecular flexibility index (Phi) is 5.61. The van der Waals surface area contributed by atoms with Gasteiger partial charge in [0.15, 0.2) is 0 Å². The van der Waals surface area contributed by atoms with Crippen LogP contribution >= 0.6 is 0 Å². The Morgan fingerprint density at radius 2 is 2.18 bits per heavy atom. The van der Waals surface area contributed by atoms with Crippen molar-refractivity contribution in [1.29, 1.82) is 0 Å². The van der Waals surface area contributed by atoms with Crippen LogP contribution in [0.4, 0.5) is 0 Å². The summed E-state index contributed by atoms with van der Waals surface area (Å²) in [5.41, 5.74) is 0.227. The average Bonchev–Trinajstić information content (AvgIpc) is 2.26. The molecule has 0 aliphatic heterocycles. The number of rotatable bonds is 7. The SMILES string of the molecule is CCOC1CC(NCCC(C)S(C)=O)C1(C)C. The monoisotopic (exact) mass is 261 g/mol. The second-order valence-electron chi connectivity index (χ2n) is 5.61. The van der Waals surface area contributed by atoms with Crippen LogP contribution in [0.25, 0.3) is 0 Å². The summed E-state index contributed by atoms with van der Waals surface area (Å²) in [6, 6.07) is 0.538. The van der Waals surface area contributed by atoms with E-state index in [4.69, 9.17) is 4.74 Å². The summed E-state index contributed by atoms with van der Waals surface area (Å²) in [6.07, 6.45) is 4.26. The van der Waals surface area contributed by atoms with Gasteiger partial charge in [-0.3, -0.25) is 4.21 Å². The molecule has 0 radical (unpaired) electrons. The van der Waals surface area contributed by atoms with E-state index in [1.807, 2.05) is 6.92 Å². The molecule has 1 saturated carbocycles. The van der Waals surface area contributed by atoms with E-state index < -0.39 is 10.8 Å². The van der Waals surface area contributed by atoms with Crippen LogP contribution in [0.5, 0.6) is 0 Å². The summed E-state index contributed by atoms with van der Waals surface area (Å²) < 4.78 is 16.9. The van der Waals surface area contributed by atoms with E-state index in [1.54, 1.807) is 6.26 Å². The Bertz CT molecular complexity index is 268. The normalized spacial score (nSPS) is 30.6. The van der Waals surface area contributed by atoms with E-state index in [0.717, 1.165) is 26.0 Å². The lowest BCUT2D eigenvalue weighted by atomic mass is 9.64. The Morgan fingerprint density at radius 3 is 2.65 bits per heavy atom. The molecule has 0 aromatic carbocycles. The zero-order chi connectivity index (χ0) is 13.1. The molecule has 4 atom stereocenters. The van der Waals surface area contributed by atoms with Crippen molar-refractivity contribution in [1.82, 2.24) is 5.32 Å². The second-order valence-corrected chi connectivity index (χ2v) is 7.41. The molecule has 4 heteroatoms. The molecule has 1 aliphatic carbocycles. The van der Waals surface area contributed by atoms with Crippen molar-refractivity contribution < 1.29 is 8.95 Å². The van der Waals surface area contributed by atoms with Gasteiger partial charge in [0.25, 0.3) is 0 Å². The first-order chi connectivity index (χ1) is 7.89. The van der Waals surface area contributed by atoms with Crippen LogP contribution in [0.1, 0.15) is 40.5 Å². The Hall–Kier alpha value is 0.0700. The van der Waals surface area contributed by atoms with E-state index in [9.17, 15) is 4.21 Å². The Balaban J connectivity index is 2.24. The van der Waals surface area contributed by atoms with Crippen molar-refractivity contribution in [2.75, 3.05) is 19.4 Å². The Labute approximate surface area is 108 Å². The maximum atomic E-state index is 11.2. The second kappa shape index (κ2) is 6.30. The highest BCUT2D eigenvalue weighted by Crippen LogP contribution is 2.42. The van der Waals surface area contributed by atoms with E-state index in [0.29, 0.717) is 12.1 Å². The fourth-order valence-corrected chi connectivity index (χ4v) is 2.79. The topological polar surface area (TPSA) is 38.3 Å². The number of ether oxygens (including phenoxy) is 1. The predicted molar refractivity (Wildman–Crippen MR) is 73.7 cm³/mol. The predicted octanol–water partition coefficient (Wildman–Crippen LogP) is 1.94. The molecule has 4 unspecified atom stereocenters. The van der Waals surface area contributed by atoms with Crippen LogP contribution < -0.4 is 5.32 Å². The van der Waals surface area contributed by atoms with Crippen molar-refractivity contribution in [2.24, 2.45) is 5.41 Å². The lowest BCUT2D eigenvalue weighted by Crippen LogP contribution is -2.61. The number of nitrogens with one attached hydrogen (secondary N) is 1. The highest BCUT2D eigenvalue weighted by Gasteiger charge is 2.48. The molecule has 0 heterocycles. The van der Waals surface area contributed by atoms with Gasteiger partial charge in [-0.15, -0.1) is 0 Å². The van der Waals surface area contributed by atoms with Gasteiger partial charge >= 0.3 is 0 Å². The third-order valence-electron chi connectivity index (χ3n) is 4.05. The lowest BCUT2D eigenvalue weighted by Gasteiger charge is -2.52. The standard InChI is InChI=1S/C13H27NO2S/c1-6-16-12-9-11(13(12,3)4)14-8-7-10(2)17(5)15/h10-12,14H,6-9H2,1-5H3. The van der Waals surface area contributed by atoms with Gasteiger partial charge < -0.3 is 10.1 Å². The van der Waals surface area contributed by atoms with E-state index in [2.05, 4.69) is 26.1 Å². The van der Waals surface area contributed by atoms with Crippen molar-refractivity contribution in [2.45, 2.75) is 57.9 Å². The molecule has 3 nitrogen and oxygen atoms in total. The molecule has 0 aromatic rings. The largest absolute Gasteiger partial charge is 0.378 e. The summed E-state index contributed by atoms with van der Waals surface area (Å²) in [6.45, 7) is 10.4. The fraction of sp³-hybridized carbons (Fsp3) is 1.00. The first-order valence-electron chi connectivity index (χ1n) is 6.56. The van der Waals surface area contributed by atoms with Crippen molar-refractivity contribution in [3.05, 3.63) is 0 Å². The molecule has 0 saturated heterocycles. The third kappa shape index (κ3) is 3.76. The molecule has 0 spiro atoms. The van der Waals surface area contributed by atoms with Gasteiger partial charge in [0.05, 0.1) is 6.10 Å². The molecule has 102 valence electrons. The van der Waals surface area contributed by atoms with Crippen molar-refractivity contribution >= 4 is 10.8 Å². The molecular weight excluding hydrogens is 234 g/mol. The molecule has 1 aliphatic rings. The smallest absolute Gasteiger partial charge is 0.0655 e. The molecule has 0 aromatic heterocycles. The van der Waals surface area contributed by atoms with Crippen molar-refractivity contribution in [3.8, 4) is 0 Å². The zero-order valence-corrected chi connectivity index (χ0v) is 12.6. The fourth-order valence-electron chi connectivity index (χ4n) is 2.34. The molecule has 1 N–H and O–H groups in total. The van der Waals surface area contributed by atoms with Crippen molar-refractivity contribution in [3.63, 3.8) is 0 Å².